The molecule has 568 valence electrons. The molecule has 0 spiro atoms. The van der Waals surface area contributed by atoms with Gasteiger partial charge in [0, 0.05) is 0 Å². The highest BCUT2D eigenvalue weighted by Gasteiger charge is 2.60. The smallest absolute Gasteiger partial charge is 0.338 e. The molecule has 41 heteroatoms. The first-order chi connectivity index (χ1) is 47.8. The van der Waals surface area contributed by atoms with Crippen LogP contribution in [0.2, 0.25) is 0 Å². The number of aliphatic hydroxyl groups is 23. The van der Waals surface area contributed by atoms with Gasteiger partial charge in [-0.3, -0.25) is 0 Å². The van der Waals surface area contributed by atoms with E-state index < -0.39 is 304 Å². The highest BCUT2D eigenvalue weighted by Crippen LogP contribution is 2.40. The molecular weight excluding hydrogens is 1360 g/mol. The lowest BCUT2D eigenvalue weighted by Crippen LogP contribution is -2.69. The largest absolute Gasteiger partial charge is 0.459 e. The van der Waals surface area contributed by atoms with Crippen molar-refractivity contribution in [3.63, 3.8) is 0 Å². The van der Waals surface area contributed by atoms with Gasteiger partial charge < -0.3 is 198 Å². The molecule has 30 aliphatic rings. The molecule has 0 saturated carbocycles. The van der Waals surface area contributed by atoms with Crippen LogP contribution in [-0.2, 0) is 80.5 Å². The highest BCUT2D eigenvalue weighted by molar-refractivity contribution is 5.95. The van der Waals surface area contributed by atoms with Crippen molar-refractivity contribution in [3.8, 4) is 0 Å². The second-order valence-electron chi connectivity index (χ2n) is 25.4. The van der Waals surface area contributed by atoms with E-state index in [-0.39, 0.29) is 5.56 Å². The number of ether oxygens (including phenoxy) is 17. The van der Waals surface area contributed by atoms with Crippen molar-refractivity contribution in [1.29, 1.82) is 0 Å². The Bertz CT molecular complexity index is 2910. The van der Waals surface area contributed by atoms with Gasteiger partial charge in [0.1, 0.15) is 202 Å². The van der Waals surface area contributed by atoms with Gasteiger partial charge >= 0.3 is 5.97 Å². The second kappa shape index (κ2) is 33.2. The maximum atomic E-state index is 13.7. The van der Waals surface area contributed by atoms with E-state index in [2.05, 4.69) is 0 Å². The van der Waals surface area contributed by atoms with Gasteiger partial charge in [-0.2, -0.15) is 0 Å². The first-order valence-electron chi connectivity index (χ1n) is 32.1. The van der Waals surface area contributed by atoms with Crippen LogP contribution in [0.1, 0.15) is 10.4 Å². The van der Waals surface area contributed by atoms with E-state index in [9.17, 15) is 122 Å². The predicted molar refractivity (Wildman–Crippen MR) is 308 cm³/mol. The summed E-state index contributed by atoms with van der Waals surface area (Å²) in [7, 11) is 0. The molecule has 30 fully saturated rings. The topological polar surface area (TPSA) is 639 Å². The third kappa shape index (κ3) is 15.5. The maximum absolute atomic E-state index is 13.7. The third-order valence-corrected chi connectivity index (χ3v) is 19.1. The lowest BCUT2D eigenvalue weighted by molar-refractivity contribution is -0.404. The van der Waals surface area contributed by atoms with Crippen molar-refractivity contribution in [2.24, 2.45) is 0 Å². The minimum atomic E-state index is -2.33. The molecule has 0 unspecified atom stereocenters. The fourth-order valence-corrected chi connectivity index (χ4v) is 13.4. The van der Waals surface area contributed by atoms with Crippen LogP contribution in [0.4, 0.5) is 0 Å². The number of hydrogen-bond donors (Lipinski definition) is 23. The Kier molecular flexibility index (Phi) is 25.8. The summed E-state index contributed by atoms with van der Waals surface area (Å²) in [5, 5.41) is 260. The Balaban J connectivity index is 0.874. The van der Waals surface area contributed by atoms with Crippen molar-refractivity contribution in [3.05, 3.63) is 48.0 Å². The monoisotopic (exact) mass is 1450 g/mol. The van der Waals surface area contributed by atoms with Gasteiger partial charge in [-0.15, -0.1) is 0 Å². The van der Waals surface area contributed by atoms with Crippen LogP contribution in [0.5, 0.6) is 0 Å². The van der Waals surface area contributed by atoms with E-state index in [0.29, 0.717) is 5.39 Å². The van der Waals surface area contributed by atoms with Gasteiger partial charge in [0.15, 0.2) is 50.3 Å². The average Bonchev–Trinajstić information content (AvgIpc) is 0.790. The first kappa shape index (κ1) is 77.7. The molecule has 41 nitrogen and oxygen atoms in total. The van der Waals surface area contributed by atoms with Crippen molar-refractivity contribution >= 4 is 16.7 Å². The van der Waals surface area contributed by atoms with Gasteiger partial charge in [-0.1, -0.05) is 30.3 Å². The van der Waals surface area contributed by atoms with Crippen LogP contribution in [-0.4, -0.2) is 422 Å². The number of benzene rings is 2. The summed E-state index contributed by atoms with van der Waals surface area (Å²) >= 11 is 0. The molecule has 2 aromatic carbocycles. The third-order valence-electron chi connectivity index (χ3n) is 19.1. The van der Waals surface area contributed by atoms with Crippen LogP contribution >= 0.6 is 0 Å². The molecule has 30 aliphatic heterocycles. The van der Waals surface area contributed by atoms with Crippen LogP contribution in [0.3, 0.4) is 0 Å². The van der Waals surface area contributed by atoms with Gasteiger partial charge in [0.2, 0.25) is 0 Å². The van der Waals surface area contributed by atoms with E-state index in [1.165, 1.54) is 12.1 Å². The Labute approximate surface area is 564 Å². The summed E-state index contributed by atoms with van der Waals surface area (Å²) in [6.07, 6.45) is -83.6. The molecule has 2 aromatic rings. The number of esters is 1. The van der Waals surface area contributed by atoms with E-state index in [4.69, 9.17) is 80.5 Å². The zero-order valence-corrected chi connectivity index (χ0v) is 52.4. The van der Waals surface area contributed by atoms with E-state index >= 15 is 0 Å². The van der Waals surface area contributed by atoms with E-state index in [1.54, 1.807) is 30.3 Å². The van der Waals surface area contributed by atoms with Crippen molar-refractivity contribution in [2.75, 3.05) is 52.9 Å². The molecule has 0 radical (unpaired) electrons. The summed E-state index contributed by atoms with van der Waals surface area (Å²) in [6.45, 7) is -8.64. The Hall–Kier alpha value is -3.39. The molecule has 32 rings (SSSR count). The molecule has 0 aliphatic carbocycles. The fraction of sp³-hybridized carbons (Fsp3) is 0.814. The lowest BCUT2D eigenvalue weighted by Gasteiger charge is -2.50. The number of carbonyl (C=O) groups excluding carboxylic acids is 1. The number of aliphatic hydroxyl groups excluding tert-OH is 23. The van der Waals surface area contributed by atoms with Crippen molar-refractivity contribution in [1.82, 2.24) is 0 Å². The van der Waals surface area contributed by atoms with Crippen LogP contribution in [0, 0.1) is 0 Å². The van der Waals surface area contributed by atoms with Gasteiger partial charge in [0.05, 0.1) is 51.8 Å². The number of hydrogen-bond acceptors (Lipinski definition) is 41. The summed E-state index contributed by atoms with van der Waals surface area (Å²) < 4.78 is 98.4. The lowest BCUT2D eigenvalue weighted by atomic mass is 9.94. The highest BCUT2D eigenvalue weighted by atomic mass is 16.8. The number of rotatable bonds is 10. The van der Waals surface area contributed by atoms with Gasteiger partial charge in [-0.05, 0) is 22.9 Å². The molecule has 0 aromatic heterocycles. The SMILES string of the molecule is O=C(OC[C@H]1O[C@@H]2O[C@H]3[C@H](O)[C@@H](O)[C@@H](O[C@H]4[C@H](O)[C@@H](O)[C@@H](O[C@H]5[C@H](O)[C@@H](O)[C@@H](O[C@H]6[C@H](O)[C@@H](O)[C@@H](O[C@H]7[C@H](O)[C@@H](O)[C@@H](O[C@H]8[C@H](O)[C@H](O)[C@@H](O[C@H]9[C@H](O)[C@@H](O)[C@@H](O[C@H]1[C@H](O)[C@H]2O)O[C@@H]9CO)O[C@@H]8CO)O[C@@H]7CO)O[C@H]6CO)O[C@H]5CO)O[C@H]4CO)O[C@H]3CO)c1ccc2ccccc2c1. The van der Waals surface area contributed by atoms with E-state index in [1.807, 2.05) is 0 Å². The zero-order valence-electron chi connectivity index (χ0n) is 52.4. The summed E-state index contributed by atoms with van der Waals surface area (Å²) in [5.41, 5.74) is -0.00000581. The Morgan fingerprint density at radius 1 is 0.260 bits per heavy atom. The summed E-state index contributed by atoms with van der Waals surface area (Å²) in [5.74, 6) is -0.992. The molecule has 16 bridgehead atoms. The molecule has 30 heterocycles. The molecule has 0 amide bonds. The molecule has 23 N–H and O–H groups in total. The zero-order chi connectivity index (χ0) is 72.0. The molecule has 30 saturated heterocycles. The minimum absolute atomic E-state index is 0.00000581. The summed E-state index contributed by atoms with van der Waals surface area (Å²) in [4.78, 5) is 13.7. The summed E-state index contributed by atoms with van der Waals surface area (Å²) in [6, 6.07) is 11.5. The minimum Gasteiger partial charge on any atom is -0.459 e. The second-order valence-corrected chi connectivity index (χ2v) is 25.4. The quantitative estimate of drug-likeness (QED) is 0.0982. The standard InChI is InChI=1S/C59H86O41/c60-8-19-43-27(67)35(75)52(85-19)94-44-20(9-61)87-54(37(77)29(44)69)96-46-22(11-63)89-56(39(79)31(46)71)98-48-24(13-65)91-58(41(81)33(48)73)100-50-26(15-84-51(83)18-6-5-16-3-1-2-4-17(16)7-18)92-59(42(82)34(50)74)99-49-25(14-66)90-57(40(80)32(49)72)97-47-23(12-64)88-55(38(78)30(47)70)95-45-21(10-62)86-53(93-43)36(76)28(45)68/h1-7,19-50,52-82H,8-15H2/t19-,20+,21-,22+,23-,24+,25-,26+,27+,28+,29+,30+,31+,32+,33+,34+,35+,36+,37+,38+,39-,40+,41+,42+,43+,44+,45+,46+,47+,48+,49+,50+,52+,53+,54+,55+,56+,57+,58+,59+/m0/s1. The van der Waals surface area contributed by atoms with Crippen molar-refractivity contribution < 1.29 is 203 Å². The molecular formula is C59H86O41. The van der Waals surface area contributed by atoms with Crippen LogP contribution in [0.15, 0.2) is 42.5 Å². The van der Waals surface area contributed by atoms with Gasteiger partial charge in [0.25, 0.3) is 0 Å². The number of fused-ring (bicyclic) bond motifs is 1. The Morgan fingerprint density at radius 2 is 0.460 bits per heavy atom. The normalized spacial score (nSPS) is 50.1. The fourth-order valence-electron chi connectivity index (χ4n) is 13.4. The molecule has 40 atom stereocenters. The van der Waals surface area contributed by atoms with Crippen LogP contribution in [0.25, 0.3) is 10.8 Å². The van der Waals surface area contributed by atoms with Crippen LogP contribution < -0.4 is 0 Å². The first-order valence-corrected chi connectivity index (χ1v) is 32.1. The predicted octanol–water partition coefficient (Wildman–Crippen LogP) is -14.4. The van der Waals surface area contributed by atoms with Gasteiger partial charge in [-0.25, -0.2) is 4.79 Å². The maximum Gasteiger partial charge on any atom is 0.338 e. The molecule has 100 heavy (non-hydrogen) atoms. The van der Waals surface area contributed by atoms with E-state index in [0.717, 1.165) is 5.39 Å². The average molecular weight is 1450 g/mol. The van der Waals surface area contributed by atoms with Crippen molar-refractivity contribution in [2.45, 2.75) is 246 Å². The Morgan fingerprint density at radius 3 is 0.680 bits per heavy atom. The number of carbonyl (C=O) groups is 1.